The van der Waals surface area contributed by atoms with Crippen molar-refractivity contribution < 1.29 is 9.53 Å². The lowest BCUT2D eigenvalue weighted by atomic mass is 10.2. The van der Waals surface area contributed by atoms with Crippen molar-refractivity contribution in [3.8, 4) is 5.75 Å². The summed E-state index contributed by atoms with van der Waals surface area (Å²) in [6.07, 6.45) is 1.66. The fraction of sp³-hybridized carbons (Fsp3) is 0.100. The van der Waals surface area contributed by atoms with Crippen LogP contribution in [0, 0.1) is 0 Å². The topological polar surface area (TPSA) is 63.2 Å². The van der Waals surface area contributed by atoms with Gasteiger partial charge in [-0.05, 0) is 29.8 Å². The first kappa shape index (κ1) is 16.5. The van der Waals surface area contributed by atoms with Gasteiger partial charge < -0.3 is 15.4 Å². The van der Waals surface area contributed by atoms with Crippen LogP contribution >= 0.6 is 0 Å². The molecular formula is C20H19N3O2. The summed E-state index contributed by atoms with van der Waals surface area (Å²) in [5.74, 6) is 1.01. The maximum Gasteiger partial charge on any atom is 0.259 e. The molecule has 0 radical (unpaired) electrons. The van der Waals surface area contributed by atoms with E-state index in [-0.39, 0.29) is 5.91 Å². The van der Waals surface area contributed by atoms with Crippen LogP contribution in [0.25, 0.3) is 0 Å². The van der Waals surface area contributed by atoms with E-state index in [0.29, 0.717) is 29.4 Å². The van der Waals surface area contributed by atoms with Crippen LogP contribution in [0.5, 0.6) is 5.75 Å². The summed E-state index contributed by atoms with van der Waals surface area (Å²) in [7, 11) is 1.59. The third-order valence-electron chi connectivity index (χ3n) is 3.68. The second-order valence-electron chi connectivity index (χ2n) is 5.42. The summed E-state index contributed by atoms with van der Waals surface area (Å²) in [5, 5.41) is 6.09. The van der Waals surface area contributed by atoms with Gasteiger partial charge in [0, 0.05) is 24.5 Å². The molecule has 1 heterocycles. The minimum Gasteiger partial charge on any atom is -0.497 e. The predicted molar refractivity (Wildman–Crippen MR) is 99.0 cm³/mol. The van der Waals surface area contributed by atoms with Crippen molar-refractivity contribution in [2.45, 2.75) is 6.54 Å². The van der Waals surface area contributed by atoms with Gasteiger partial charge in [-0.15, -0.1) is 0 Å². The number of methoxy groups -OCH3 is 1. The fourth-order valence-corrected chi connectivity index (χ4v) is 2.41. The lowest BCUT2D eigenvalue weighted by molar-refractivity contribution is 0.102. The zero-order valence-corrected chi connectivity index (χ0v) is 13.9. The smallest absolute Gasteiger partial charge is 0.259 e. The molecule has 0 unspecified atom stereocenters. The molecule has 0 bridgehead atoms. The minimum atomic E-state index is -0.225. The Morgan fingerprint density at radius 2 is 1.88 bits per heavy atom. The number of hydrogen-bond acceptors (Lipinski definition) is 4. The van der Waals surface area contributed by atoms with Gasteiger partial charge in [0.1, 0.15) is 11.6 Å². The quantitative estimate of drug-likeness (QED) is 0.717. The molecule has 0 aliphatic carbocycles. The molecule has 1 amide bonds. The zero-order valence-electron chi connectivity index (χ0n) is 13.9. The number of hydrogen-bond donors (Lipinski definition) is 2. The maximum atomic E-state index is 12.6. The van der Waals surface area contributed by atoms with Gasteiger partial charge >= 0.3 is 0 Å². The maximum absolute atomic E-state index is 12.6. The van der Waals surface area contributed by atoms with Crippen LogP contribution < -0.4 is 15.4 Å². The molecule has 0 atom stereocenters. The highest BCUT2D eigenvalue weighted by Crippen LogP contribution is 2.19. The van der Waals surface area contributed by atoms with Gasteiger partial charge in [0.15, 0.2) is 0 Å². The number of aromatic nitrogens is 1. The molecule has 0 aliphatic rings. The second-order valence-corrected chi connectivity index (χ2v) is 5.42. The van der Waals surface area contributed by atoms with E-state index in [1.807, 2.05) is 48.5 Å². The van der Waals surface area contributed by atoms with Gasteiger partial charge in [-0.25, -0.2) is 4.98 Å². The zero-order chi connectivity index (χ0) is 17.5. The molecule has 5 heteroatoms. The number of nitrogens with zero attached hydrogens (tertiary/aromatic N) is 1. The molecule has 0 saturated heterocycles. The van der Waals surface area contributed by atoms with E-state index in [1.54, 1.807) is 31.5 Å². The van der Waals surface area contributed by atoms with Crippen LogP contribution in [0.4, 0.5) is 11.5 Å². The van der Waals surface area contributed by atoms with Crippen molar-refractivity contribution in [2.24, 2.45) is 0 Å². The highest BCUT2D eigenvalue weighted by atomic mass is 16.5. The van der Waals surface area contributed by atoms with Crippen molar-refractivity contribution in [2.75, 3.05) is 17.7 Å². The van der Waals surface area contributed by atoms with Crippen molar-refractivity contribution >= 4 is 17.4 Å². The average molecular weight is 333 g/mol. The average Bonchev–Trinajstić information content (AvgIpc) is 2.67. The largest absolute Gasteiger partial charge is 0.497 e. The van der Waals surface area contributed by atoms with E-state index < -0.39 is 0 Å². The Labute approximate surface area is 146 Å². The number of anilines is 2. The van der Waals surface area contributed by atoms with Gasteiger partial charge in [0.25, 0.3) is 5.91 Å². The molecule has 126 valence electrons. The molecule has 0 spiro atoms. The minimum absolute atomic E-state index is 0.225. The first-order valence-electron chi connectivity index (χ1n) is 7.94. The highest BCUT2D eigenvalue weighted by Gasteiger charge is 2.12. The van der Waals surface area contributed by atoms with Crippen LogP contribution in [0.3, 0.4) is 0 Å². The van der Waals surface area contributed by atoms with E-state index in [0.717, 1.165) is 5.56 Å². The van der Waals surface area contributed by atoms with Crippen LogP contribution in [0.15, 0.2) is 72.9 Å². The number of amides is 1. The Bertz CT molecular complexity index is 850. The third-order valence-corrected chi connectivity index (χ3v) is 3.68. The summed E-state index contributed by atoms with van der Waals surface area (Å²) in [4.78, 5) is 16.9. The fourth-order valence-electron chi connectivity index (χ4n) is 2.41. The molecule has 25 heavy (non-hydrogen) atoms. The van der Waals surface area contributed by atoms with Crippen molar-refractivity contribution in [1.29, 1.82) is 0 Å². The Kier molecular flexibility index (Phi) is 5.26. The van der Waals surface area contributed by atoms with E-state index >= 15 is 0 Å². The Balaban J connectivity index is 1.74. The SMILES string of the molecule is COc1cccc(NC(=O)c2cccnc2NCc2ccccc2)c1. The lowest BCUT2D eigenvalue weighted by Gasteiger charge is -2.12. The summed E-state index contributed by atoms with van der Waals surface area (Å²) in [6.45, 7) is 0.595. The second kappa shape index (κ2) is 7.97. The summed E-state index contributed by atoms with van der Waals surface area (Å²) in [6, 6.07) is 20.7. The lowest BCUT2D eigenvalue weighted by Crippen LogP contribution is -2.15. The van der Waals surface area contributed by atoms with Gasteiger partial charge in [-0.3, -0.25) is 4.79 Å². The number of pyridine rings is 1. The van der Waals surface area contributed by atoms with Crippen molar-refractivity contribution in [1.82, 2.24) is 4.98 Å². The Morgan fingerprint density at radius 1 is 1.04 bits per heavy atom. The first-order valence-corrected chi connectivity index (χ1v) is 7.94. The van der Waals surface area contributed by atoms with Crippen LogP contribution in [-0.2, 0) is 6.54 Å². The summed E-state index contributed by atoms with van der Waals surface area (Å²) in [5.41, 5.74) is 2.27. The van der Waals surface area contributed by atoms with Gasteiger partial charge in [-0.2, -0.15) is 0 Å². The van der Waals surface area contributed by atoms with Gasteiger partial charge in [0.05, 0.1) is 12.7 Å². The highest BCUT2D eigenvalue weighted by molar-refractivity contribution is 6.07. The molecule has 5 nitrogen and oxygen atoms in total. The Hall–Kier alpha value is -3.34. The van der Waals surface area contributed by atoms with Crippen molar-refractivity contribution in [3.05, 3.63) is 84.1 Å². The van der Waals surface area contributed by atoms with Crippen molar-refractivity contribution in [3.63, 3.8) is 0 Å². The standard InChI is InChI=1S/C20H19N3O2/c1-25-17-10-5-9-16(13-17)23-20(24)18-11-6-12-21-19(18)22-14-15-7-3-2-4-8-15/h2-13H,14H2,1H3,(H,21,22)(H,23,24). The number of carbonyl (C=O) groups is 1. The molecule has 0 fully saturated rings. The van der Waals surface area contributed by atoms with Gasteiger partial charge in [-0.1, -0.05) is 36.4 Å². The number of ether oxygens (including phenoxy) is 1. The van der Waals surface area contributed by atoms with Crippen LogP contribution in [0.1, 0.15) is 15.9 Å². The third kappa shape index (κ3) is 4.35. The Morgan fingerprint density at radius 3 is 2.68 bits per heavy atom. The summed E-state index contributed by atoms with van der Waals surface area (Å²) < 4.78 is 5.18. The molecule has 0 saturated carbocycles. The van der Waals surface area contributed by atoms with Crippen LogP contribution in [0.2, 0.25) is 0 Å². The molecule has 1 aromatic heterocycles. The molecule has 3 aromatic rings. The molecule has 0 aliphatic heterocycles. The molecular weight excluding hydrogens is 314 g/mol. The number of benzene rings is 2. The number of rotatable bonds is 6. The normalized spacial score (nSPS) is 10.1. The molecule has 3 rings (SSSR count). The number of carbonyl (C=O) groups excluding carboxylic acids is 1. The van der Waals surface area contributed by atoms with Gasteiger partial charge in [0.2, 0.25) is 0 Å². The summed E-state index contributed by atoms with van der Waals surface area (Å²) >= 11 is 0. The molecule has 2 aromatic carbocycles. The number of nitrogens with one attached hydrogen (secondary N) is 2. The predicted octanol–water partition coefficient (Wildman–Crippen LogP) is 3.95. The monoisotopic (exact) mass is 333 g/mol. The van der Waals surface area contributed by atoms with E-state index in [9.17, 15) is 4.79 Å². The van der Waals surface area contributed by atoms with Crippen LogP contribution in [-0.4, -0.2) is 18.0 Å². The van der Waals surface area contributed by atoms with E-state index in [1.165, 1.54) is 0 Å². The van der Waals surface area contributed by atoms with E-state index in [2.05, 4.69) is 15.6 Å². The first-order chi connectivity index (χ1) is 12.3. The molecule has 2 N–H and O–H groups in total. The van der Waals surface area contributed by atoms with E-state index in [4.69, 9.17) is 4.74 Å².